The van der Waals surface area contributed by atoms with Crippen LogP contribution in [0.25, 0.3) is 0 Å². The lowest BCUT2D eigenvalue weighted by Gasteiger charge is -2.28. The number of carbonyl (C=O) groups is 13. The van der Waals surface area contributed by atoms with Gasteiger partial charge in [0.15, 0.2) is 5.78 Å². The van der Waals surface area contributed by atoms with E-state index in [4.69, 9.17) is 25.1 Å². The molecule has 0 saturated carbocycles. The number of hydrogen-bond acceptors (Lipinski definition) is 18. The number of amides is 7. The SMILES string of the molecule is CC(=O)c1ccc(CC(NC(=O)[C@@H](CCCC(=O)O)NC(=O)[C@@H](CCC(=O)O)NC(=O)[C@@H](CC(C=O)CO)NC(=O)[C@@H](CCC(=O)O)NC(=O)[C@H](N)CCCC(=O)O)C(=O)NCCOCCOCC(=O)NCCOCC(C)(C)C)cc1. The van der Waals surface area contributed by atoms with Gasteiger partial charge in [0, 0.05) is 56.7 Å². The number of rotatable bonds is 44. The van der Waals surface area contributed by atoms with Crippen LogP contribution in [0.3, 0.4) is 0 Å². The van der Waals surface area contributed by atoms with Crippen molar-refractivity contribution in [3.63, 3.8) is 0 Å². The fourth-order valence-electron chi connectivity index (χ4n) is 7.25. The predicted octanol–water partition coefficient (Wildman–Crippen LogP) is -2.05. The topological polar surface area (TPSA) is 461 Å². The highest BCUT2D eigenvalue weighted by Crippen LogP contribution is 2.14. The lowest BCUT2D eigenvalue weighted by molar-refractivity contribution is -0.139. The predicted molar refractivity (Wildman–Crippen MR) is 284 cm³/mol. The Morgan fingerprint density at radius 2 is 1.01 bits per heavy atom. The zero-order valence-corrected chi connectivity index (χ0v) is 46.1. The number of benzene rings is 1. The number of ether oxygens (including phenoxy) is 3. The highest BCUT2D eigenvalue weighted by atomic mass is 16.5. The summed E-state index contributed by atoms with van der Waals surface area (Å²) in [6, 6.07) is -3.78. The highest BCUT2D eigenvalue weighted by molar-refractivity contribution is 5.97. The van der Waals surface area contributed by atoms with Crippen molar-refractivity contribution in [2.75, 3.05) is 59.3 Å². The number of aliphatic hydroxyl groups excluding tert-OH is 1. The maximum absolute atomic E-state index is 14.2. The van der Waals surface area contributed by atoms with E-state index in [0.29, 0.717) is 30.9 Å². The molecule has 0 fully saturated rings. The average molecular weight is 1150 g/mol. The standard InChI is InChI=1S/C52H80N8O21/c1-31(63)34-13-11-32(12-14-34)25-39(47(74)55-20-21-79-23-24-80-29-41(64)54-19-22-81-30-52(2,3)4)59-48(75)36(8-6-10-43(67)68)57-49(76)38(16-18-45(71)72)58-51(78)40(26-33(27-61)28-62)60-50(77)37(15-17-44(69)70)56-46(73)35(53)7-5-9-42(65)66/h11-14,27,33,35-40,62H,5-10,15-26,28-30,53H2,1-4H3,(H,54,64)(H,55,74)(H,56,73)(H,57,76)(H,58,78)(H,59,75)(H,60,77)(H,65,66)(H,67,68)(H,69,70)(H,71,72)/t33?,35-,36-,37-,38-,39?,40-/m1/s1. The number of Topliss-reactive ketones (excluding diaryl/α,β-unsaturated/α-hetero) is 1. The molecule has 1 aromatic carbocycles. The molecular weight excluding hydrogens is 1070 g/mol. The van der Waals surface area contributed by atoms with Gasteiger partial charge in [-0.15, -0.1) is 0 Å². The normalized spacial score (nSPS) is 13.8. The Bertz CT molecular complexity index is 2260. The second-order valence-electron chi connectivity index (χ2n) is 20.0. The van der Waals surface area contributed by atoms with E-state index in [9.17, 15) is 82.8 Å². The molecule has 0 saturated heterocycles. The van der Waals surface area contributed by atoms with Gasteiger partial charge in [-0.3, -0.25) is 57.5 Å². The molecule has 7 amide bonds. The molecule has 0 aliphatic carbocycles. The van der Waals surface area contributed by atoms with Crippen LogP contribution in [0, 0.1) is 11.3 Å². The van der Waals surface area contributed by atoms with Crippen molar-refractivity contribution in [1.29, 1.82) is 0 Å². The summed E-state index contributed by atoms with van der Waals surface area (Å²) in [5.41, 5.74) is 6.66. The zero-order valence-electron chi connectivity index (χ0n) is 46.1. The van der Waals surface area contributed by atoms with E-state index < -0.39 is 153 Å². The minimum Gasteiger partial charge on any atom is -0.481 e. The molecule has 1 rings (SSSR count). The van der Waals surface area contributed by atoms with Gasteiger partial charge in [-0.05, 0) is 62.8 Å². The van der Waals surface area contributed by atoms with Crippen LogP contribution in [0.4, 0.5) is 0 Å². The first-order chi connectivity index (χ1) is 38.1. The van der Waals surface area contributed by atoms with Crippen molar-refractivity contribution in [2.45, 2.75) is 141 Å². The first-order valence-electron chi connectivity index (χ1n) is 26.2. The van der Waals surface area contributed by atoms with Crippen molar-refractivity contribution >= 4 is 77.3 Å². The molecule has 14 N–H and O–H groups in total. The van der Waals surface area contributed by atoms with E-state index in [1.165, 1.54) is 31.2 Å². The van der Waals surface area contributed by atoms with Crippen LogP contribution in [0.1, 0.15) is 114 Å². The largest absolute Gasteiger partial charge is 0.481 e. The van der Waals surface area contributed by atoms with Crippen LogP contribution in [-0.2, 0) is 78.2 Å². The molecule has 454 valence electrons. The minimum absolute atomic E-state index is 0.0202. The van der Waals surface area contributed by atoms with Gasteiger partial charge in [-0.1, -0.05) is 45.0 Å². The summed E-state index contributed by atoms with van der Waals surface area (Å²) in [6.07, 6.45) is -5.05. The first-order valence-corrected chi connectivity index (χ1v) is 26.2. The van der Waals surface area contributed by atoms with Gasteiger partial charge in [0.05, 0.1) is 45.7 Å². The molecule has 7 atom stereocenters. The molecular formula is C52H80N8O21. The van der Waals surface area contributed by atoms with Crippen molar-refractivity contribution < 1.29 is 102 Å². The summed E-state index contributed by atoms with van der Waals surface area (Å²) in [5, 5.41) is 64.1. The highest BCUT2D eigenvalue weighted by Gasteiger charge is 2.35. The zero-order chi connectivity index (χ0) is 61.1. The number of ketones is 1. The molecule has 1 aromatic rings. The molecule has 0 aliphatic heterocycles. The Kier molecular flexibility index (Phi) is 34.5. The maximum atomic E-state index is 14.2. The summed E-state index contributed by atoms with van der Waals surface area (Å²) in [4.78, 5) is 164. The number of carboxylic acid groups (broad SMARTS) is 4. The molecule has 0 aliphatic rings. The summed E-state index contributed by atoms with van der Waals surface area (Å²) in [6.45, 7) is 7.37. The lowest BCUT2D eigenvalue weighted by Crippen LogP contribution is -2.60. The number of nitrogens with one attached hydrogen (secondary N) is 7. The van der Waals surface area contributed by atoms with Gasteiger partial charge >= 0.3 is 23.9 Å². The van der Waals surface area contributed by atoms with Gasteiger partial charge in [0.2, 0.25) is 41.4 Å². The summed E-state index contributed by atoms with van der Waals surface area (Å²) in [7, 11) is 0. The van der Waals surface area contributed by atoms with Gasteiger partial charge in [0.1, 0.15) is 43.1 Å². The van der Waals surface area contributed by atoms with Crippen molar-refractivity contribution in [3.8, 4) is 0 Å². The third-order valence-electron chi connectivity index (χ3n) is 11.6. The van der Waals surface area contributed by atoms with Crippen LogP contribution in [-0.4, -0.2) is 198 Å². The summed E-state index contributed by atoms with van der Waals surface area (Å²) in [5.74, 6) is -13.7. The Morgan fingerprint density at radius 3 is 1.52 bits per heavy atom. The van der Waals surface area contributed by atoms with Gasteiger partial charge in [0.25, 0.3) is 0 Å². The Balaban J connectivity index is 3.39. The lowest BCUT2D eigenvalue weighted by atomic mass is 9.99. The number of aldehydes is 1. The Labute approximate surface area is 468 Å². The molecule has 29 heteroatoms. The molecule has 29 nitrogen and oxygen atoms in total. The quantitative estimate of drug-likeness (QED) is 0.0190. The average Bonchev–Trinajstić information content (AvgIpc) is 3.39. The second kappa shape index (κ2) is 39.0. The Morgan fingerprint density at radius 1 is 0.556 bits per heavy atom. The maximum Gasteiger partial charge on any atom is 0.303 e. The van der Waals surface area contributed by atoms with E-state index in [-0.39, 0.29) is 88.5 Å². The van der Waals surface area contributed by atoms with E-state index in [1.54, 1.807) is 0 Å². The molecule has 81 heavy (non-hydrogen) atoms. The molecule has 2 unspecified atom stereocenters. The Hall–Kier alpha value is -7.47. The van der Waals surface area contributed by atoms with E-state index in [0.717, 1.165) is 0 Å². The van der Waals surface area contributed by atoms with Crippen molar-refractivity contribution in [3.05, 3.63) is 35.4 Å². The van der Waals surface area contributed by atoms with Crippen LogP contribution < -0.4 is 43.0 Å². The number of aliphatic hydroxyl groups is 1. The monoisotopic (exact) mass is 1150 g/mol. The van der Waals surface area contributed by atoms with Gasteiger partial charge < -0.3 is 87.5 Å². The van der Waals surface area contributed by atoms with Gasteiger partial charge in [-0.2, -0.15) is 0 Å². The van der Waals surface area contributed by atoms with Gasteiger partial charge in [-0.25, -0.2) is 0 Å². The fourth-order valence-corrected chi connectivity index (χ4v) is 7.25. The van der Waals surface area contributed by atoms with Crippen molar-refractivity contribution in [2.24, 2.45) is 17.1 Å². The minimum atomic E-state index is -1.86. The van der Waals surface area contributed by atoms with E-state index >= 15 is 0 Å². The molecule has 0 spiro atoms. The number of carboxylic acids is 4. The van der Waals surface area contributed by atoms with E-state index in [1.807, 2.05) is 20.8 Å². The molecule has 0 aromatic heterocycles. The summed E-state index contributed by atoms with van der Waals surface area (Å²) >= 11 is 0. The van der Waals surface area contributed by atoms with Crippen LogP contribution in [0.2, 0.25) is 0 Å². The summed E-state index contributed by atoms with van der Waals surface area (Å²) < 4.78 is 16.4. The van der Waals surface area contributed by atoms with Crippen molar-refractivity contribution in [1.82, 2.24) is 37.2 Å². The fraction of sp³-hybridized carbons (Fsp3) is 0.635. The number of hydrogen-bond donors (Lipinski definition) is 13. The number of carbonyl (C=O) groups excluding carboxylic acids is 9. The first kappa shape index (κ1) is 71.5. The number of nitrogens with two attached hydrogens (primary N) is 1. The third kappa shape index (κ3) is 33.0. The number of aliphatic carboxylic acids is 4. The van der Waals surface area contributed by atoms with E-state index in [2.05, 4.69) is 37.2 Å². The van der Waals surface area contributed by atoms with Crippen LogP contribution >= 0.6 is 0 Å². The molecule has 0 radical (unpaired) electrons. The molecule has 0 heterocycles. The molecule has 0 bridgehead atoms. The smallest absolute Gasteiger partial charge is 0.303 e. The van der Waals surface area contributed by atoms with Crippen LogP contribution in [0.15, 0.2) is 24.3 Å². The third-order valence-corrected chi connectivity index (χ3v) is 11.6. The van der Waals surface area contributed by atoms with Crippen LogP contribution in [0.5, 0.6) is 0 Å². The second-order valence-corrected chi connectivity index (χ2v) is 20.0.